The van der Waals surface area contributed by atoms with E-state index in [2.05, 4.69) is 0 Å². The molecule has 1 unspecified atom stereocenters. The number of nitrogens with two attached hydrogens (primary N) is 1. The second-order valence-corrected chi connectivity index (χ2v) is 4.26. The topological polar surface area (TPSA) is 83.6 Å². The van der Waals surface area contributed by atoms with E-state index in [1.54, 1.807) is 0 Å². The van der Waals surface area contributed by atoms with Crippen molar-refractivity contribution in [3.8, 4) is 0 Å². The van der Waals surface area contributed by atoms with Gasteiger partial charge in [-0.1, -0.05) is 13.8 Å². The van der Waals surface area contributed by atoms with E-state index in [0.29, 0.717) is 12.5 Å². The minimum atomic E-state index is -0.849. The first-order valence-corrected chi connectivity index (χ1v) is 5.07. The van der Waals surface area contributed by atoms with Gasteiger partial charge in [-0.15, -0.1) is 0 Å². The van der Waals surface area contributed by atoms with Crippen LogP contribution in [-0.4, -0.2) is 28.5 Å². The Balaban J connectivity index is 4.23. The van der Waals surface area contributed by atoms with Gasteiger partial charge >= 0.3 is 5.97 Å². The summed E-state index contributed by atoms with van der Waals surface area (Å²) >= 11 is 0. The van der Waals surface area contributed by atoms with Crippen LogP contribution in [0, 0.1) is 11.8 Å². The molecule has 0 saturated carbocycles. The molecule has 0 rings (SSSR count). The Morgan fingerprint density at radius 3 is 2.27 bits per heavy atom. The number of carbonyl (C=O) groups is 2. The highest BCUT2D eigenvalue weighted by atomic mass is 16.4. The lowest BCUT2D eigenvalue weighted by Gasteiger charge is -2.22. The van der Waals surface area contributed by atoms with E-state index in [-0.39, 0.29) is 18.2 Å². The van der Waals surface area contributed by atoms with Gasteiger partial charge in [0, 0.05) is 19.9 Å². The fraction of sp³-hybridized carbons (Fsp3) is 0.800. The van der Waals surface area contributed by atoms with E-state index in [0.717, 1.165) is 11.4 Å². The number of hydrazine groups is 1. The molecular weight excluding hydrogens is 196 g/mol. The lowest BCUT2D eigenvalue weighted by atomic mass is 9.94. The third-order valence-electron chi connectivity index (χ3n) is 2.13. The summed E-state index contributed by atoms with van der Waals surface area (Å²) < 4.78 is 0. The zero-order valence-electron chi connectivity index (χ0n) is 9.56. The molecule has 0 aromatic carbocycles. The number of carbonyl (C=O) groups excluding carboxylic acids is 1. The first kappa shape index (κ1) is 13.9. The van der Waals surface area contributed by atoms with E-state index in [4.69, 9.17) is 10.9 Å². The Kier molecular flexibility index (Phi) is 5.93. The molecule has 0 fully saturated rings. The number of amides is 1. The number of carboxylic acid groups (broad SMARTS) is 1. The maximum absolute atomic E-state index is 10.9. The number of hydrogen-bond acceptors (Lipinski definition) is 3. The summed E-state index contributed by atoms with van der Waals surface area (Å²) in [6.45, 7) is 5.71. The van der Waals surface area contributed by atoms with Crippen LogP contribution < -0.4 is 5.84 Å². The molecule has 0 aromatic heterocycles. The Hall–Kier alpha value is -1.10. The van der Waals surface area contributed by atoms with Gasteiger partial charge in [-0.05, 0) is 18.3 Å². The molecule has 0 aromatic rings. The van der Waals surface area contributed by atoms with Gasteiger partial charge in [0.15, 0.2) is 0 Å². The van der Waals surface area contributed by atoms with Crippen LogP contribution in [0.1, 0.15) is 33.6 Å². The van der Waals surface area contributed by atoms with Crippen LogP contribution in [0.4, 0.5) is 0 Å². The fourth-order valence-corrected chi connectivity index (χ4v) is 1.54. The van der Waals surface area contributed by atoms with Crippen molar-refractivity contribution in [1.82, 2.24) is 5.01 Å². The quantitative estimate of drug-likeness (QED) is 0.391. The number of aliphatic carboxylic acids is 1. The van der Waals surface area contributed by atoms with Crippen LogP contribution in [0.2, 0.25) is 0 Å². The first-order chi connectivity index (χ1) is 6.82. The van der Waals surface area contributed by atoms with E-state index >= 15 is 0 Å². The van der Waals surface area contributed by atoms with Crippen molar-refractivity contribution < 1.29 is 14.7 Å². The van der Waals surface area contributed by atoms with Crippen molar-refractivity contribution in [2.45, 2.75) is 33.6 Å². The van der Waals surface area contributed by atoms with Crippen LogP contribution in [0.15, 0.2) is 0 Å². The lowest BCUT2D eigenvalue weighted by Crippen LogP contribution is -2.40. The number of hydrogen-bond donors (Lipinski definition) is 2. The van der Waals surface area contributed by atoms with Gasteiger partial charge in [-0.3, -0.25) is 14.6 Å². The molecular formula is C10H20N2O3. The summed E-state index contributed by atoms with van der Waals surface area (Å²) in [6.07, 6.45) is 0.812. The van der Waals surface area contributed by atoms with Crippen LogP contribution in [-0.2, 0) is 9.59 Å². The summed E-state index contributed by atoms with van der Waals surface area (Å²) in [5.41, 5.74) is 0. The minimum Gasteiger partial charge on any atom is -0.481 e. The van der Waals surface area contributed by atoms with Gasteiger partial charge in [0.2, 0.25) is 5.91 Å². The zero-order valence-corrected chi connectivity index (χ0v) is 9.56. The maximum Gasteiger partial charge on any atom is 0.303 e. The van der Waals surface area contributed by atoms with Gasteiger partial charge in [0.1, 0.15) is 0 Å². The molecule has 0 aliphatic rings. The van der Waals surface area contributed by atoms with Crippen molar-refractivity contribution >= 4 is 11.9 Å². The maximum atomic E-state index is 10.9. The largest absolute Gasteiger partial charge is 0.481 e. The number of nitrogens with zero attached hydrogens (tertiary/aromatic N) is 1. The van der Waals surface area contributed by atoms with Crippen LogP contribution >= 0.6 is 0 Å². The van der Waals surface area contributed by atoms with Gasteiger partial charge in [0.25, 0.3) is 0 Å². The van der Waals surface area contributed by atoms with E-state index in [1.165, 1.54) is 6.92 Å². The molecule has 0 bridgehead atoms. The summed E-state index contributed by atoms with van der Waals surface area (Å²) in [4.78, 5) is 21.5. The van der Waals surface area contributed by atoms with E-state index < -0.39 is 5.97 Å². The Bertz CT molecular complexity index is 229. The fourth-order valence-electron chi connectivity index (χ4n) is 1.54. The van der Waals surface area contributed by atoms with Crippen LogP contribution in [0.5, 0.6) is 0 Å². The smallest absolute Gasteiger partial charge is 0.303 e. The number of carboxylic acids is 1. The van der Waals surface area contributed by atoms with Crippen LogP contribution in [0.3, 0.4) is 0 Å². The van der Waals surface area contributed by atoms with Gasteiger partial charge in [0.05, 0.1) is 0 Å². The van der Waals surface area contributed by atoms with Gasteiger partial charge in [-0.2, -0.15) is 0 Å². The van der Waals surface area contributed by atoms with Crippen LogP contribution in [0.25, 0.3) is 0 Å². The molecule has 0 aliphatic carbocycles. The third-order valence-corrected chi connectivity index (χ3v) is 2.13. The Morgan fingerprint density at radius 2 is 1.93 bits per heavy atom. The monoisotopic (exact) mass is 216 g/mol. The summed E-state index contributed by atoms with van der Waals surface area (Å²) in [5.74, 6) is 4.69. The molecule has 1 atom stereocenters. The third kappa shape index (κ3) is 6.90. The molecule has 5 heteroatoms. The van der Waals surface area contributed by atoms with E-state index in [1.807, 2.05) is 13.8 Å². The highest BCUT2D eigenvalue weighted by Gasteiger charge is 2.18. The Labute approximate surface area is 90.2 Å². The highest BCUT2D eigenvalue weighted by Crippen LogP contribution is 2.16. The molecule has 88 valence electrons. The predicted molar refractivity (Wildman–Crippen MR) is 56.8 cm³/mol. The second kappa shape index (κ2) is 6.40. The molecule has 0 heterocycles. The van der Waals surface area contributed by atoms with Gasteiger partial charge in [-0.25, -0.2) is 5.84 Å². The number of rotatable bonds is 6. The molecule has 3 N–H and O–H groups in total. The first-order valence-electron chi connectivity index (χ1n) is 5.07. The van der Waals surface area contributed by atoms with E-state index in [9.17, 15) is 9.59 Å². The average Bonchev–Trinajstić information content (AvgIpc) is 2.00. The molecule has 0 saturated heterocycles. The highest BCUT2D eigenvalue weighted by molar-refractivity contribution is 5.72. The molecule has 0 radical (unpaired) electrons. The molecule has 1 amide bonds. The normalized spacial score (nSPS) is 12.6. The summed E-state index contributed by atoms with van der Waals surface area (Å²) in [5, 5.41) is 9.78. The van der Waals surface area contributed by atoms with Gasteiger partial charge < -0.3 is 5.11 Å². The SMILES string of the molecule is CC(=O)N(N)CC(CC(=O)O)CC(C)C. The Morgan fingerprint density at radius 1 is 1.40 bits per heavy atom. The van der Waals surface area contributed by atoms with Crippen molar-refractivity contribution in [3.05, 3.63) is 0 Å². The zero-order chi connectivity index (χ0) is 12.0. The molecule has 5 nitrogen and oxygen atoms in total. The van der Waals surface area contributed by atoms with Crippen molar-refractivity contribution in [2.24, 2.45) is 17.7 Å². The van der Waals surface area contributed by atoms with Crippen molar-refractivity contribution in [1.29, 1.82) is 0 Å². The average molecular weight is 216 g/mol. The van der Waals surface area contributed by atoms with Crippen molar-refractivity contribution in [3.63, 3.8) is 0 Å². The summed E-state index contributed by atoms with van der Waals surface area (Å²) in [7, 11) is 0. The molecule has 0 aliphatic heterocycles. The minimum absolute atomic E-state index is 0.0547. The lowest BCUT2D eigenvalue weighted by molar-refractivity contribution is -0.139. The molecule has 15 heavy (non-hydrogen) atoms. The summed E-state index contributed by atoms with van der Waals surface area (Å²) in [6, 6.07) is 0. The second-order valence-electron chi connectivity index (χ2n) is 4.26. The standard InChI is InChI=1S/C10H20N2O3/c1-7(2)4-9(5-10(14)15)6-12(11)8(3)13/h7,9H,4-6,11H2,1-3H3,(H,14,15). The van der Waals surface area contributed by atoms with Crippen molar-refractivity contribution in [2.75, 3.05) is 6.54 Å². The molecule has 0 spiro atoms. The predicted octanol–water partition coefficient (Wildman–Crippen LogP) is 0.846.